The number of fused-ring (bicyclic) bond motifs is 1. The summed E-state index contributed by atoms with van der Waals surface area (Å²) in [7, 11) is 0. The van der Waals surface area contributed by atoms with Gasteiger partial charge in [0.25, 0.3) is 0 Å². The third kappa shape index (κ3) is 6.63. The highest BCUT2D eigenvalue weighted by atomic mass is 127. The molecule has 0 bridgehead atoms. The van der Waals surface area contributed by atoms with Crippen molar-refractivity contribution in [2.24, 2.45) is 4.99 Å². The van der Waals surface area contributed by atoms with Gasteiger partial charge in [-0.05, 0) is 50.3 Å². The fourth-order valence-corrected chi connectivity index (χ4v) is 3.52. The van der Waals surface area contributed by atoms with Gasteiger partial charge < -0.3 is 25.1 Å². The third-order valence-electron chi connectivity index (χ3n) is 4.86. The summed E-state index contributed by atoms with van der Waals surface area (Å²) in [5, 5.41) is 8.05. The number of aryl methyl sites for hydroxylation is 1. The van der Waals surface area contributed by atoms with Crippen molar-refractivity contribution in [3.05, 3.63) is 35.5 Å². The van der Waals surface area contributed by atoms with Crippen molar-refractivity contribution in [1.29, 1.82) is 0 Å². The summed E-state index contributed by atoms with van der Waals surface area (Å²) < 4.78 is 11.2. The minimum atomic E-state index is 0. The summed E-state index contributed by atoms with van der Waals surface area (Å²) in [5.41, 5.74) is 3.85. The lowest BCUT2D eigenvalue weighted by Crippen LogP contribution is -2.38. The molecule has 3 rings (SSSR count). The SMILES string of the molecule is CCNC(=NCCOCC1CCCO1)NCCc1c[nH]c2cccc(C)c12.I. The van der Waals surface area contributed by atoms with Crippen LogP contribution in [-0.4, -0.2) is 56.5 Å². The zero-order valence-electron chi connectivity index (χ0n) is 16.9. The van der Waals surface area contributed by atoms with E-state index < -0.39 is 0 Å². The number of guanidine groups is 1. The molecule has 6 nitrogen and oxygen atoms in total. The minimum Gasteiger partial charge on any atom is -0.377 e. The Morgan fingerprint density at radius 1 is 1.36 bits per heavy atom. The van der Waals surface area contributed by atoms with E-state index in [0.29, 0.717) is 19.8 Å². The van der Waals surface area contributed by atoms with Gasteiger partial charge in [-0.25, -0.2) is 0 Å². The number of H-pyrrole nitrogens is 1. The topological polar surface area (TPSA) is 70.7 Å². The van der Waals surface area contributed by atoms with Gasteiger partial charge in [0.15, 0.2) is 5.96 Å². The summed E-state index contributed by atoms with van der Waals surface area (Å²) >= 11 is 0. The van der Waals surface area contributed by atoms with E-state index in [2.05, 4.69) is 58.9 Å². The molecule has 1 saturated heterocycles. The molecule has 2 heterocycles. The van der Waals surface area contributed by atoms with Crippen molar-refractivity contribution in [2.45, 2.75) is 39.2 Å². The molecule has 1 aromatic heterocycles. The van der Waals surface area contributed by atoms with Gasteiger partial charge in [-0.3, -0.25) is 4.99 Å². The first-order valence-electron chi connectivity index (χ1n) is 10.0. The molecule has 1 aliphatic heterocycles. The van der Waals surface area contributed by atoms with Gasteiger partial charge in [-0.1, -0.05) is 12.1 Å². The quantitative estimate of drug-likeness (QED) is 0.214. The van der Waals surface area contributed by atoms with Gasteiger partial charge in [0.1, 0.15) is 0 Å². The second kappa shape index (κ2) is 12.3. The van der Waals surface area contributed by atoms with Crippen LogP contribution in [0, 0.1) is 6.92 Å². The monoisotopic (exact) mass is 500 g/mol. The second-order valence-electron chi connectivity index (χ2n) is 6.96. The smallest absolute Gasteiger partial charge is 0.191 e. The summed E-state index contributed by atoms with van der Waals surface area (Å²) in [4.78, 5) is 7.96. The molecule has 2 aromatic rings. The van der Waals surface area contributed by atoms with Crippen LogP contribution < -0.4 is 10.6 Å². The lowest BCUT2D eigenvalue weighted by molar-refractivity contribution is 0.0200. The van der Waals surface area contributed by atoms with Gasteiger partial charge in [0.2, 0.25) is 0 Å². The van der Waals surface area contributed by atoms with E-state index in [1.807, 2.05) is 0 Å². The Bertz CT molecular complexity index is 741. The molecule has 0 saturated carbocycles. The Morgan fingerprint density at radius 3 is 3.04 bits per heavy atom. The van der Waals surface area contributed by atoms with Crippen LogP contribution in [0.25, 0.3) is 10.9 Å². The first kappa shape index (κ1) is 23.0. The first-order chi connectivity index (χ1) is 13.3. The third-order valence-corrected chi connectivity index (χ3v) is 4.86. The number of aromatic amines is 1. The number of hydrogen-bond donors (Lipinski definition) is 3. The molecule has 0 radical (unpaired) electrons. The second-order valence-corrected chi connectivity index (χ2v) is 6.96. The minimum absolute atomic E-state index is 0. The Balaban J connectivity index is 0.00000280. The van der Waals surface area contributed by atoms with Crippen molar-refractivity contribution in [3.8, 4) is 0 Å². The maximum Gasteiger partial charge on any atom is 0.191 e. The molecule has 0 spiro atoms. The maximum absolute atomic E-state index is 5.68. The molecule has 3 N–H and O–H groups in total. The molecule has 1 aliphatic rings. The van der Waals surface area contributed by atoms with E-state index in [1.54, 1.807) is 0 Å². The number of halogens is 1. The van der Waals surface area contributed by atoms with Crippen LogP contribution in [0.3, 0.4) is 0 Å². The van der Waals surface area contributed by atoms with Crippen molar-refractivity contribution in [2.75, 3.05) is 39.5 Å². The van der Waals surface area contributed by atoms with Gasteiger partial charge in [0, 0.05) is 36.8 Å². The van der Waals surface area contributed by atoms with Crippen LogP contribution in [0.2, 0.25) is 0 Å². The van der Waals surface area contributed by atoms with Crippen molar-refractivity contribution in [3.63, 3.8) is 0 Å². The molecular weight excluding hydrogens is 467 g/mol. The highest BCUT2D eigenvalue weighted by Crippen LogP contribution is 2.22. The summed E-state index contributed by atoms with van der Waals surface area (Å²) in [5.74, 6) is 0.842. The summed E-state index contributed by atoms with van der Waals surface area (Å²) in [6, 6.07) is 6.38. The molecule has 0 amide bonds. The number of nitrogens with one attached hydrogen (secondary N) is 3. The number of aliphatic imine (C=N–C) groups is 1. The van der Waals surface area contributed by atoms with Crippen molar-refractivity contribution < 1.29 is 9.47 Å². The van der Waals surface area contributed by atoms with Gasteiger partial charge in [-0.2, -0.15) is 0 Å². The zero-order chi connectivity index (χ0) is 18.9. The van der Waals surface area contributed by atoms with E-state index in [9.17, 15) is 0 Å². The predicted octanol–water partition coefficient (Wildman–Crippen LogP) is 3.39. The molecule has 7 heteroatoms. The van der Waals surface area contributed by atoms with E-state index in [1.165, 1.54) is 22.0 Å². The van der Waals surface area contributed by atoms with Crippen LogP contribution in [0.5, 0.6) is 0 Å². The highest BCUT2D eigenvalue weighted by Gasteiger charge is 2.14. The van der Waals surface area contributed by atoms with Gasteiger partial charge >= 0.3 is 0 Å². The van der Waals surface area contributed by atoms with Crippen LogP contribution in [-0.2, 0) is 15.9 Å². The van der Waals surface area contributed by atoms with E-state index >= 15 is 0 Å². The predicted molar refractivity (Wildman–Crippen MR) is 126 cm³/mol. The molecule has 156 valence electrons. The highest BCUT2D eigenvalue weighted by molar-refractivity contribution is 14.0. The molecule has 1 fully saturated rings. The molecular formula is C21H33IN4O2. The lowest BCUT2D eigenvalue weighted by atomic mass is 10.1. The Morgan fingerprint density at radius 2 is 2.25 bits per heavy atom. The molecule has 0 aliphatic carbocycles. The lowest BCUT2D eigenvalue weighted by Gasteiger charge is -2.12. The van der Waals surface area contributed by atoms with Gasteiger partial charge in [0.05, 0.1) is 25.9 Å². The maximum atomic E-state index is 5.68. The van der Waals surface area contributed by atoms with Gasteiger partial charge in [-0.15, -0.1) is 24.0 Å². The Hall–Kier alpha value is -1.32. The van der Waals surface area contributed by atoms with Crippen LogP contribution in [0.1, 0.15) is 30.9 Å². The average Bonchev–Trinajstić information content (AvgIpc) is 3.32. The standard InChI is InChI=1S/C21H32N4O2.HI/c1-3-22-21(24-11-13-26-15-18-7-5-12-27-18)23-10-9-17-14-25-19-8-4-6-16(2)20(17)19;/h4,6,8,14,18,25H,3,5,7,9-13,15H2,1-2H3,(H2,22,23,24);1H. The molecule has 28 heavy (non-hydrogen) atoms. The van der Waals surface area contributed by atoms with Crippen molar-refractivity contribution >= 4 is 40.8 Å². The van der Waals surface area contributed by atoms with E-state index in [4.69, 9.17) is 9.47 Å². The van der Waals surface area contributed by atoms with E-state index in [0.717, 1.165) is 44.9 Å². The number of hydrogen-bond acceptors (Lipinski definition) is 3. The number of benzene rings is 1. The molecule has 1 aromatic carbocycles. The largest absolute Gasteiger partial charge is 0.377 e. The Kier molecular flexibility index (Phi) is 10.1. The zero-order valence-corrected chi connectivity index (χ0v) is 19.3. The fraction of sp³-hybridized carbons (Fsp3) is 0.571. The number of rotatable bonds is 9. The molecule has 1 unspecified atom stereocenters. The fourth-order valence-electron chi connectivity index (χ4n) is 3.52. The number of aromatic nitrogens is 1. The Labute approximate surface area is 184 Å². The van der Waals surface area contributed by atoms with E-state index in [-0.39, 0.29) is 30.1 Å². The summed E-state index contributed by atoms with van der Waals surface area (Å²) in [6.45, 7) is 8.74. The molecule has 1 atom stereocenters. The van der Waals surface area contributed by atoms with Crippen LogP contribution >= 0.6 is 24.0 Å². The first-order valence-corrected chi connectivity index (χ1v) is 10.0. The van der Waals surface area contributed by atoms with Crippen LogP contribution in [0.4, 0.5) is 0 Å². The summed E-state index contributed by atoms with van der Waals surface area (Å²) in [6.07, 6.45) is 5.60. The number of ether oxygens (including phenoxy) is 2. The van der Waals surface area contributed by atoms with Crippen LogP contribution in [0.15, 0.2) is 29.4 Å². The normalized spacial score (nSPS) is 16.9. The van der Waals surface area contributed by atoms with Crippen molar-refractivity contribution in [1.82, 2.24) is 15.6 Å². The number of nitrogens with zero attached hydrogens (tertiary/aromatic N) is 1. The average molecular weight is 500 g/mol.